The maximum atomic E-state index is 7.67. The maximum Gasteiger partial charge on any atom is 0.132 e. The Morgan fingerprint density at radius 3 is 2.59 bits per heavy atom. The van der Waals surface area contributed by atoms with Gasteiger partial charge in [0.15, 0.2) is 0 Å². The molecule has 0 heterocycles. The second-order valence-corrected chi connectivity index (χ2v) is 5.31. The summed E-state index contributed by atoms with van der Waals surface area (Å²) in [6.45, 7) is 6.14. The van der Waals surface area contributed by atoms with Gasteiger partial charge in [0.2, 0.25) is 0 Å². The highest BCUT2D eigenvalue weighted by Gasteiger charge is 2.20. The summed E-state index contributed by atoms with van der Waals surface area (Å²) in [5.41, 5.74) is 6.09. The number of thioether (sulfide) groups is 1. The number of benzene rings is 1. The van der Waals surface area contributed by atoms with Crippen LogP contribution in [0.1, 0.15) is 32.8 Å². The standard InChI is InChI=1S/C13H20N2OS/c1-5-13(2,3)16-9-7-6-8-10(17-4)11(9)12(14)15/h6-8H,5H2,1-4H3,(H3,14,15). The van der Waals surface area contributed by atoms with Gasteiger partial charge in [0, 0.05) is 4.90 Å². The molecule has 94 valence electrons. The zero-order chi connectivity index (χ0) is 13.1. The molecule has 0 aliphatic carbocycles. The van der Waals surface area contributed by atoms with E-state index in [4.69, 9.17) is 15.9 Å². The van der Waals surface area contributed by atoms with Crippen LogP contribution in [-0.2, 0) is 0 Å². The van der Waals surface area contributed by atoms with E-state index < -0.39 is 0 Å². The molecule has 0 aromatic heterocycles. The van der Waals surface area contributed by atoms with Crippen molar-refractivity contribution in [3.05, 3.63) is 23.8 Å². The zero-order valence-electron chi connectivity index (χ0n) is 10.8. The zero-order valence-corrected chi connectivity index (χ0v) is 11.6. The smallest absolute Gasteiger partial charge is 0.132 e. The average molecular weight is 252 g/mol. The van der Waals surface area contributed by atoms with E-state index in [1.165, 1.54) is 0 Å². The van der Waals surface area contributed by atoms with Crippen molar-refractivity contribution in [2.45, 2.75) is 37.7 Å². The highest BCUT2D eigenvalue weighted by atomic mass is 32.2. The van der Waals surface area contributed by atoms with Crippen molar-refractivity contribution in [2.75, 3.05) is 6.26 Å². The van der Waals surface area contributed by atoms with Crippen LogP contribution in [0.25, 0.3) is 0 Å². The predicted octanol–water partition coefficient (Wildman–Crippen LogP) is 3.26. The normalized spacial score (nSPS) is 11.3. The third-order valence-electron chi connectivity index (χ3n) is 2.71. The lowest BCUT2D eigenvalue weighted by Crippen LogP contribution is -2.28. The van der Waals surface area contributed by atoms with E-state index in [9.17, 15) is 0 Å². The van der Waals surface area contributed by atoms with Gasteiger partial charge in [-0.1, -0.05) is 13.0 Å². The van der Waals surface area contributed by atoms with Crippen molar-refractivity contribution in [3.8, 4) is 5.75 Å². The van der Waals surface area contributed by atoms with Crippen LogP contribution in [0.15, 0.2) is 23.1 Å². The van der Waals surface area contributed by atoms with Gasteiger partial charge in [0.25, 0.3) is 0 Å². The van der Waals surface area contributed by atoms with Gasteiger partial charge in [-0.15, -0.1) is 11.8 Å². The number of hydrogen-bond acceptors (Lipinski definition) is 3. The van der Waals surface area contributed by atoms with Crippen molar-refractivity contribution in [2.24, 2.45) is 5.73 Å². The molecule has 4 heteroatoms. The molecule has 17 heavy (non-hydrogen) atoms. The van der Waals surface area contributed by atoms with Crippen LogP contribution >= 0.6 is 11.8 Å². The Labute approximate surface area is 107 Å². The van der Waals surface area contributed by atoms with E-state index in [2.05, 4.69) is 6.92 Å². The second-order valence-electron chi connectivity index (χ2n) is 4.46. The molecule has 1 rings (SSSR count). The van der Waals surface area contributed by atoms with Crippen molar-refractivity contribution in [1.82, 2.24) is 0 Å². The molecular formula is C13H20N2OS. The van der Waals surface area contributed by atoms with Gasteiger partial charge in [-0.05, 0) is 38.7 Å². The highest BCUT2D eigenvalue weighted by molar-refractivity contribution is 7.98. The Bertz CT molecular complexity index is 416. The molecule has 0 bridgehead atoms. The first-order valence-electron chi connectivity index (χ1n) is 5.61. The lowest BCUT2D eigenvalue weighted by molar-refractivity contribution is 0.105. The Morgan fingerprint density at radius 1 is 1.47 bits per heavy atom. The highest BCUT2D eigenvalue weighted by Crippen LogP contribution is 2.31. The fourth-order valence-corrected chi connectivity index (χ4v) is 2.03. The number of nitrogen functional groups attached to an aromatic ring is 1. The van der Waals surface area contributed by atoms with Crippen LogP contribution in [0, 0.1) is 5.41 Å². The van der Waals surface area contributed by atoms with Crippen LogP contribution in [-0.4, -0.2) is 17.7 Å². The molecule has 1 aromatic rings. The van der Waals surface area contributed by atoms with E-state index in [0.29, 0.717) is 11.3 Å². The topological polar surface area (TPSA) is 59.1 Å². The summed E-state index contributed by atoms with van der Waals surface area (Å²) in [4.78, 5) is 0.974. The number of rotatable bonds is 5. The third-order valence-corrected chi connectivity index (χ3v) is 3.49. The van der Waals surface area contributed by atoms with Gasteiger partial charge in [0.05, 0.1) is 5.56 Å². The molecule has 0 saturated heterocycles. The van der Waals surface area contributed by atoms with Gasteiger partial charge >= 0.3 is 0 Å². The van der Waals surface area contributed by atoms with Gasteiger partial charge in [0.1, 0.15) is 17.2 Å². The van der Waals surface area contributed by atoms with Crippen LogP contribution in [0.3, 0.4) is 0 Å². The summed E-state index contributed by atoms with van der Waals surface area (Å²) < 4.78 is 5.95. The number of amidine groups is 1. The largest absolute Gasteiger partial charge is 0.487 e. The summed E-state index contributed by atoms with van der Waals surface area (Å²) in [6, 6.07) is 5.75. The van der Waals surface area contributed by atoms with Gasteiger partial charge in [-0.25, -0.2) is 0 Å². The number of ether oxygens (including phenoxy) is 1. The van der Waals surface area contributed by atoms with Crippen LogP contribution in [0.5, 0.6) is 5.75 Å². The summed E-state index contributed by atoms with van der Waals surface area (Å²) in [7, 11) is 0. The molecule has 3 N–H and O–H groups in total. The van der Waals surface area contributed by atoms with Gasteiger partial charge < -0.3 is 10.5 Å². The first kappa shape index (κ1) is 13.9. The Balaban J connectivity index is 3.19. The van der Waals surface area contributed by atoms with Crippen LogP contribution < -0.4 is 10.5 Å². The van der Waals surface area contributed by atoms with Crippen molar-refractivity contribution < 1.29 is 4.74 Å². The minimum Gasteiger partial charge on any atom is -0.487 e. The van der Waals surface area contributed by atoms with Crippen LogP contribution in [0.4, 0.5) is 0 Å². The molecule has 0 aliphatic heterocycles. The van der Waals surface area contributed by atoms with E-state index in [-0.39, 0.29) is 11.4 Å². The molecule has 0 saturated carbocycles. The molecule has 0 aliphatic rings. The average Bonchev–Trinajstić information content (AvgIpc) is 2.27. The second kappa shape index (κ2) is 5.45. The van der Waals surface area contributed by atoms with Crippen LogP contribution in [0.2, 0.25) is 0 Å². The fourth-order valence-electron chi connectivity index (χ4n) is 1.40. The Hall–Kier alpha value is -1.16. The molecular weight excluding hydrogens is 232 g/mol. The maximum absolute atomic E-state index is 7.67. The van der Waals surface area contributed by atoms with Gasteiger partial charge in [-0.3, -0.25) is 5.41 Å². The molecule has 1 aromatic carbocycles. The van der Waals surface area contributed by atoms with E-state index in [1.54, 1.807) is 11.8 Å². The van der Waals surface area contributed by atoms with Crippen molar-refractivity contribution >= 4 is 17.6 Å². The molecule has 0 fully saturated rings. The van der Waals surface area contributed by atoms with Crippen molar-refractivity contribution in [1.29, 1.82) is 5.41 Å². The molecule has 3 nitrogen and oxygen atoms in total. The van der Waals surface area contributed by atoms with E-state index in [1.807, 2.05) is 38.3 Å². The Kier molecular flexibility index (Phi) is 4.46. The fraction of sp³-hybridized carbons (Fsp3) is 0.462. The number of hydrogen-bond donors (Lipinski definition) is 2. The predicted molar refractivity (Wildman–Crippen MR) is 74.2 cm³/mol. The SMILES string of the molecule is CCC(C)(C)Oc1cccc(SC)c1C(=N)N. The molecule has 0 unspecified atom stereocenters. The van der Waals surface area contributed by atoms with Crippen molar-refractivity contribution in [3.63, 3.8) is 0 Å². The molecule has 0 atom stereocenters. The molecule has 0 amide bonds. The lowest BCUT2D eigenvalue weighted by Gasteiger charge is -2.26. The first-order chi connectivity index (χ1) is 7.91. The van der Waals surface area contributed by atoms with E-state index in [0.717, 1.165) is 11.3 Å². The summed E-state index contributed by atoms with van der Waals surface area (Å²) in [5.74, 6) is 0.744. The minimum absolute atomic E-state index is 0.0526. The third kappa shape index (κ3) is 3.40. The summed E-state index contributed by atoms with van der Waals surface area (Å²) in [5, 5.41) is 7.67. The number of nitrogens with one attached hydrogen (secondary N) is 1. The summed E-state index contributed by atoms with van der Waals surface area (Å²) >= 11 is 1.57. The lowest BCUT2D eigenvalue weighted by atomic mass is 10.1. The summed E-state index contributed by atoms with van der Waals surface area (Å²) in [6.07, 6.45) is 2.87. The quantitative estimate of drug-likeness (QED) is 0.480. The van der Waals surface area contributed by atoms with Gasteiger partial charge in [-0.2, -0.15) is 0 Å². The monoisotopic (exact) mass is 252 g/mol. The molecule has 0 radical (unpaired) electrons. The minimum atomic E-state index is -0.249. The number of nitrogens with two attached hydrogens (primary N) is 1. The Morgan fingerprint density at radius 2 is 2.12 bits per heavy atom. The van der Waals surface area contributed by atoms with E-state index >= 15 is 0 Å². The first-order valence-corrected chi connectivity index (χ1v) is 6.84. The molecule has 0 spiro atoms.